The van der Waals surface area contributed by atoms with Crippen molar-refractivity contribution < 1.29 is 18.8 Å². The number of aliphatic hydroxyl groups excluding tert-OH is 1. The van der Waals surface area contributed by atoms with E-state index in [0.29, 0.717) is 31.0 Å². The highest BCUT2D eigenvalue weighted by Gasteiger charge is 2.44. The number of fused-ring (bicyclic) bond motifs is 3. The SMILES string of the molecule is C=C[C@H](O)[C@@H]1CC[C@H]1CN1C[C@@]2(CCCc3cc(Cl)ccc32)COc2ccc(C(=O)N=S(N)(=O)C[C@@H](C)C/C=C/C)cc21. The summed E-state index contributed by atoms with van der Waals surface area (Å²) < 4.78 is 23.7. The molecule has 232 valence electrons. The number of benzene rings is 2. The molecule has 3 N–H and O–H groups in total. The molecule has 3 aliphatic rings. The molecule has 1 aliphatic heterocycles. The Morgan fingerprint density at radius 2 is 2.14 bits per heavy atom. The molecular formula is C34H44ClN3O4S. The maximum atomic E-state index is 13.3. The lowest BCUT2D eigenvalue weighted by Crippen LogP contribution is -2.49. The normalized spacial score (nSPS) is 25.8. The van der Waals surface area contributed by atoms with Crippen molar-refractivity contribution in [2.45, 2.75) is 63.9 Å². The topological polar surface area (TPSA) is 105 Å². The summed E-state index contributed by atoms with van der Waals surface area (Å²) in [5.41, 5.74) is 3.40. The molecule has 5 rings (SSSR count). The van der Waals surface area contributed by atoms with E-state index in [1.54, 1.807) is 12.1 Å². The van der Waals surface area contributed by atoms with Crippen molar-refractivity contribution in [3.05, 3.63) is 82.9 Å². The second-order valence-electron chi connectivity index (χ2n) is 12.7. The summed E-state index contributed by atoms with van der Waals surface area (Å²) in [5.74, 6) is 0.701. The zero-order valence-electron chi connectivity index (χ0n) is 25.2. The maximum Gasteiger partial charge on any atom is 0.286 e. The van der Waals surface area contributed by atoms with Crippen molar-refractivity contribution in [1.82, 2.24) is 0 Å². The van der Waals surface area contributed by atoms with Crippen LogP contribution in [0.25, 0.3) is 0 Å². The minimum Gasteiger partial charge on any atom is -0.490 e. The highest BCUT2D eigenvalue weighted by Crippen LogP contribution is 2.46. The second-order valence-corrected chi connectivity index (χ2v) is 15.0. The average molecular weight is 626 g/mol. The molecular weight excluding hydrogens is 582 g/mol. The second kappa shape index (κ2) is 13.1. The van der Waals surface area contributed by atoms with Crippen LogP contribution in [0.2, 0.25) is 5.02 Å². The predicted molar refractivity (Wildman–Crippen MR) is 175 cm³/mol. The van der Waals surface area contributed by atoms with Gasteiger partial charge < -0.3 is 14.7 Å². The van der Waals surface area contributed by atoms with Gasteiger partial charge in [-0.2, -0.15) is 0 Å². The molecule has 6 atom stereocenters. The Morgan fingerprint density at radius 1 is 1.33 bits per heavy atom. The first-order valence-corrected chi connectivity index (χ1v) is 17.5. The molecule has 1 amide bonds. The van der Waals surface area contributed by atoms with Gasteiger partial charge in [0.15, 0.2) is 0 Å². The van der Waals surface area contributed by atoms with Crippen LogP contribution >= 0.6 is 11.6 Å². The Kier molecular flexibility index (Phi) is 9.71. The summed E-state index contributed by atoms with van der Waals surface area (Å²) in [5, 5.41) is 17.4. The molecule has 2 aliphatic carbocycles. The number of nitrogens with zero attached hydrogens (tertiary/aromatic N) is 2. The minimum absolute atomic E-state index is 0.0342. The molecule has 0 bridgehead atoms. The average Bonchev–Trinajstić information content (AvgIpc) is 3.10. The molecule has 2 aromatic carbocycles. The summed E-state index contributed by atoms with van der Waals surface area (Å²) in [4.78, 5) is 15.7. The molecule has 0 saturated heterocycles. The van der Waals surface area contributed by atoms with E-state index in [2.05, 4.69) is 28.0 Å². The number of carbonyl (C=O) groups excluding carboxylic acids is 1. The van der Waals surface area contributed by atoms with E-state index in [1.807, 2.05) is 44.2 Å². The lowest BCUT2D eigenvalue weighted by molar-refractivity contribution is 0.0460. The third-order valence-corrected chi connectivity index (χ3v) is 11.2. The number of halogens is 1. The molecule has 1 spiro atoms. The predicted octanol–water partition coefficient (Wildman–Crippen LogP) is 6.47. The molecule has 2 aromatic rings. The van der Waals surface area contributed by atoms with E-state index < -0.39 is 21.9 Å². The molecule has 1 unspecified atom stereocenters. The number of hydrogen-bond acceptors (Lipinski definition) is 5. The van der Waals surface area contributed by atoms with Gasteiger partial charge in [-0.3, -0.25) is 4.79 Å². The number of allylic oxidation sites excluding steroid dienone is 2. The van der Waals surface area contributed by atoms with Crippen LogP contribution in [0.4, 0.5) is 5.69 Å². The lowest BCUT2D eigenvalue weighted by Gasteiger charge is -2.45. The van der Waals surface area contributed by atoms with Crippen LogP contribution in [0.1, 0.15) is 67.4 Å². The van der Waals surface area contributed by atoms with Crippen molar-refractivity contribution in [2.24, 2.45) is 27.3 Å². The molecule has 0 aromatic heterocycles. The van der Waals surface area contributed by atoms with Crippen LogP contribution < -0.4 is 14.8 Å². The maximum absolute atomic E-state index is 13.3. The zero-order valence-corrected chi connectivity index (χ0v) is 26.8. The van der Waals surface area contributed by atoms with Crippen molar-refractivity contribution in [3.63, 3.8) is 0 Å². The largest absolute Gasteiger partial charge is 0.490 e. The van der Waals surface area contributed by atoms with E-state index >= 15 is 0 Å². The van der Waals surface area contributed by atoms with Gasteiger partial charge in [-0.05, 0) is 105 Å². The van der Waals surface area contributed by atoms with Gasteiger partial charge in [0, 0.05) is 34.8 Å². The number of anilines is 1. The van der Waals surface area contributed by atoms with E-state index in [-0.39, 0.29) is 28.9 Å². The molecule has 1 saturated carbocycles. The standard InChI is InChI=1S/C34H44ClN3O4S/c1-4-6-8-23(3)20-43(36,41)37-33(40)25-11-15-32-30(18-25)38(19-26-10-13-28(26)31(39)5-2)21-34(22-42-32)16-7-9-24-17-27(35)12-14-29(24)34/h4-6,11-12,14-15,17-18,23,26,28,31,39H,2,7-10,13,16,19-22H2,1,3H3,(H2,36,37,40,41)/b6-4+/t23-,26-,28+,31-,34-,43?/m0/s1. The highest BCUT2D eigenvalue weighted by atomic mass is 35.5. The van der Waals surface area contributed by atoms with E-state index in [1.165, 1.54) is 11.1 Å². The van der Waals surface area contributed by atoms with E-state index in [4.69, 9.17) is 21.5 Å². The van der Waals surface area contributed by atoms with E-state index in [0.717, 1.165) is 49.2 Å². The molecule has 0 radical (unpaired) electrons. The van der Waals surface area contributed by atoms with Crippen molar-refractivity contribution >= 4 is 33.1 Å². The molecule has 1 fully saturated rings. The summed E-state index contributed by atoms with van der Waals surface area (Å²) in [6.07, 6.45) is 10.7. The Bertz CT molecular complexity index is 1520. The van der Waals surface area contributed by atoms with Gasteiger partial charge >= 0.3 is 0 Å². The molecule has 1 heterocycles. The minimum atomic E-state index is -3.19. The Hall–Kier alpha value is -2.65. The van der Waals surface area contributed by atoms with Gasteiger partial charge in [0.05, 0.1) is 18.4 Å². The van der Waals surface area contributed by atoms with Crippen LogP contribution in [-0.2, 0) is 21.8 Å². The smallest absolute Gasteiger partial charge is 0.286 e. The number of hydrogen-bond donors (Lipinski definition) is 2. The lowest BCUT2D eigenvalue weighted by atomic mass is 9.68. The number of nitrogens with two attached hydrogens (primary N) is 1. The summed E-state index contributed by atoms with van der Waals surface area (Å²) in [7, 11) is -3.19. The zero-order chi connectivity index (χ0) is 30.8. The number of ether oxygens (including phenoxy) is 1. The third kappa shape index (κ3) is 7.03. The van der Waals surface area contributed by atoms with Gasteiger partial charge in [0.2, 0.25) is 0 Å². The monoisotopic (exact) mass is 625 g/mol. The molecule has 7 nitrogen and oxygen atoms in total. The van der Waals surface area contributed by atoms with Gasteiger partial charge in [-0.1, -0.05) is 42.8 Å². The highest BCUT2D eigenvalue weighted by molar-refractivity contribution is 7.91. The summed E-state index contributed by atoms with van der Waals surface area (Å²) in [6, 6.07) is 11.5. The van der Waals surface area contributed by atoms with Crippen molar-refractivity contribution in [1.29, 1.82) is 0 Å². The van der Waals surface area contributed by atoms with Crippen LogP contribution in [0, 0.1) is 17.8 Å². The molecule has 9 heteroatoms. The third-order valence-electron chi connectivity index (χ3n) is 9.43. The number of carbonyl (C=O) groups is 1. The first-order chi connectivity index (χ1) is 20.5. The molecule has 43 heavy (non-hydrogen) atoms. The van der Waals surface area contributed by atoms with Gasteiger partial charge in [-0.15, -0.1) is 10.9 Å². The Morgan fingerprint density at radius 3 is 2.86 bits per heavy atom. The first kappa shape index (κ1) is 31.8. The van der Waals surface area contributed by atoms with Crippen LogP contribution in [0.5, 0.6) is 5.75 Å². The number of aliphatic hydroxyl groups is 1. The van der Waals surface area contributed by atoms with E-state index in [9.17, 15) is 14.1 Å². The summed E-state index contributed by atoms with van der Waals surface area (Å²) >= 11 is 6.39. The summed E-state index contributed by atoms with van der Waals surface area (Å²) in [6.45, 7) is 9.61. The Balaban J connectivity index is 1.49. The van der Waals surface area contributed by atoms with Crippen LogP contribution in [0.3, 0.4) is 0 Å². The number of rotatable bonds is 9. The van der Waals surface area contributed by atoms with Gasteiger partial charge in [-0.25, -0.2) is 9.35 Å². The van der Waals surface area contributed by atoms with Gasteiger partial charge in [0.1, 0.15) is 15.7 Å². The number of amides is 1. The van der Waals surface area contributed by atoms with Gasteiger partial charge in [0.25, 0.3) is 5.91 Å². The van der Waals surface area contributed by atoms with Crippen LogP contribution in [0.15, 0.2) is 65.6 Å². The van der Waals surface area contributed by atoms with Crippen molar-refractivity contribution in [2.75, 3.05) is 30.3 Å². The first-order valence-electron chi connectivity index (χ1n) is 15.3. The number of aryl methyl sites for hydroxylation is 1. The van der Waals surface area contributed by atoms with Crippen LogP contribution in [-0.4, -0.2) is 46.8 Å². The fourth-order valence-electron chi connectivity index (χ4n) is 7.05. The fraction of sp³-hybridized carbons (Fsp3) is 0.500. The fourth-order valence-corrected chi connectivity index (χ4v) is 8.66. The Labute approximate surface area is 261 Å². The quantitative estimate of drug-likeness (QED) is 0.311. The van der Waals surface area contributed by atoms with Crippen molar-refractivity contribution in [3.8, 4) is 5.75 Å².